The van der Waals surface area contributed by atoms with Gasteiger partial charge < -0.3 is 4.74 Å². The van der Waals surface area contributed by atoms with E-state index in [0.29, 0.717) is 10.8 Å². The van der Waals surface area contributed by atoms with Crippen molar-refractivity contribution in [3.05, 3.63) is 53.1 Å². The van der Waals surface area contributed by atoms with E-state index >= 15 is 0 Å². The van der Waals surface area contributed by atoms with Crippen LogP contribution in [-0.2, 0) is 6.42 Å². The van der Waals surface area contributed by atoms with Gasteiger partial charge in [0.25, 0.3) is 0 Å². The van der Waals surface area contributed by atoms with E-state index in [2.05, 4.69) is 31.2 Å². The molecular formula is C15H15ClO. The maximum absolute atomic E-state index is 6.13. The van der Waals surface area contributed by atoms with Crippen LogP contribution in [0.2, 0.25) is 5.02 Å². The van der Waals surface area contributed by atoms with Gasteiger partial charge in [0.2, 0.25) is 0 Å². The predicted molar refractivity (Wildman–Crippen MR) is 72.8 cm³/mol. The van der Waals surface area contributed by atoms with Crippen LogP contribution in [0.3, 0.4) is 0 Å². The molecular weight excluding hydrogens is 232 g/mol. The smallest absolute Gasteiger partial charge is 0.137 e. The van der Waals surface area contributed by atoms with Crippen molar-refractivity contribution in [2.45, 2.75) is 13.3 Å². The molecule has 0 aliphatic heterocycles. The first-order valence-corrected chi connectivity index (χ1v) is 6.05. The van der Waals surface area contributed by atoms with Crippen LogP contribution in [0.25, 0.3) is 11.1 Å². The maximum Gasteiger partial charge on any atom is 0.137 e. The molecule has 0 atom stereocenters. The van der Waals surface area contributed by atoms with Gasteiger partial charge in [0, 0.05) is 0 Å². The van der Waals surface area contributed by atoms with Crippen molar-refractivity contribution in [3.8, 4) is 16.9 Å². The maximum atomic E-state index is 6.13. The quantitative estimate of drug-likeness (QED) is 0.770. The highest BCUT2D eigenvalue weighted by molar-refractivity contribution is 6.32. The van der Waals surface area contributed by atoms with Crippen LogP contribution in [0.1, 0.15) is 12.5 Å². The summed E-state index contributed by atoms with van der Waals surface area (Å²) in [5.41, 5.74) is 3.63. The zero-order chi connectivity index (χ0) is 12.3. The van der Waals surface area contributed by atoms with E-state index in [9.17, 15) is 0 Å². The molecule has 2 heteroatoms. The molecule has 0 saturated heterocycles. The number of rotatable bonds is 3. The largest absolute Gasteiger partial charge is 0.495 e. The molecule has 0 amide bonds. The second kappa shape index (κ2) is 5.24. The summed E-state index contributed by atoms with van der Waals surface area (Å²) in [6, 6.07) is 14.4. The van der Waals surface area contributed by atoms with Gasteiger partial charge in [0.1, 0.15) is 5.75 Å². The van der Waals surface area contributed by atoms with Gasteiger partial charge in [-0.1, -0.05) is 48.9 Å². The van der Waals surface area contributed by atoms with Crippen molar-refractivity contribution in [1.29, 1.82) is 0 Å². The summed E-state index contributed by atoms with van der Waals surface area (Å²) in [7, 11) is 1.62. The van der Waals surface area contributed by atoms with Gasteiger partial charge in [0.15, 0.2) is 0 Å². The summed E-state index contributed by atoms with van der Waals surface area (Å²) < 4.78 is 5.15. The normalized spacial score (nSPS) is 10.3. The van der Waals surface area contributed by atoms with Gasteiger partial charge in [-0.15, -0.1) is 0 Å². The minimum absolute atomic E-state index is 0.645. The highest BCUT2D eigenvalue weighted by Crippen LogP contribution is 2.30. The summed E-state index contributed by atoms with van der Waals surface area (Å²) in [6.45, 7) is 2.15. The van der Waals surface area contributed by atoms with Crippen molar-refractivity contribution in [2.75, 3.05) is 7.11 Å². The zero-order valence-corrected chi connectivity index (χ0v) is 10.8. The lowest BCUT2D eigenvalue weighted by atomic mass is 10.0. The lowest BCUT2D eigenvalue weighted by Gasteiger charge is -2.07. The number of benzene rings is 2. The number of ether oxygens (including phenoxy) is 1. The first-order valence-electron chi connectivity index (χ1n) is 5.67. The number of methoxy groups -OCH3 is 1. The second-order valence-electron chi connectivity index (χ2n) is 3.90. The first kappa shape index (κ1) is 12.0. The lowest BCUT2D eigenvalue weighted by molar-refractivity contribution is 0.415. The summed E-state index contributed by atoms with van der Waals surface area (Å²) >= 11 is 6.13. The Labute approximate surface area is 107 Å². The lowest BCUT2D eigenvalue weighted by Crippen LogP contribution is -1.86. The molecule has 0 spiro atoms. The molecule has 0 radical (unpaired) electrons. The van der Waals surface area contributed by atoms with Gasteiger partial charge in [-0.05, 0) is 35.2 Å². The molecule has 2 aromatic carbocycles. The van der Waals surface area contributed by atoms with Gasteiger partial charge in [-0.3, -0.25) is 0 Å². The van der Waals surface area contributed by atoms with Crippen LogP contribution in [0.4, 0.5) is 0 Å². The molecule has 0 aliphatic rings. The Morgan fingerprint density at radius 3 is 2.47 bits per heavy atom. The molecule has 0 aromatic heterocycles. The highest BCUT2D eigenvalue weighted by Gasteiger charge is 2.04. The highest BCUT2D eigenvalue weighted by atomic mass is 35.5. The number of aryl methyl sites for hydroxylation is 1. The molecule has 0 aliphatic carbocycles. The van der Waals surface area contributed by atoms with E-state index in [4.69, 9.17) is 16.3 Å². The van der Waals surface area contributed by atoms with Crippen LogP contribution in [0.15, 0.2) is 42.5 Å². The van der Waals surface area contributed by atoms with Crippen molar-refractivity contribution in [1.82, 2.24) is 0 Å². The van der Waals surface area contributed by atoms with E-state index in [1.807, 2.05) is 18.2 Å². The predicted octanol–water partition coefficient (Wildman–Crippen LogP) is 4.58. The molecule has 0 unspecified atom stereocenters. The van der Waals surface area contributed by atoms with Crippen LogP contribution in [-0.4, -0.2) is 7.11 Å². The van der Waals surface area contributed by atoms with Crippen molar-refractivity contribution in [3.63, 3.8) is 0 Å². The average molecular weight is 247 g/mol. The average Bonchev–Trinajstić information content (AvgIpc) is 2.38. The van der Waals surface area contributed by atoms with E-state index < -0.39 is 0 Å². The van der Waals surface area contributed by atoms with E-state index in [1.165, 1.54) is 11.1 Å². The molecule has 17 heavy (non-hydrogen) atoms. The van der Waals surface area contributed by atoms with Gasteiger partial charge in [-0.2, -0.15) is 0 Å². The number of hydrogen-bond donors (Lipinski definition) is 0. The van der Waals surface area contributed by atoms with Crippen molar-refractivity contribution < 1.29 is 4.74 Å². The molecule has 0 N–H and O–H groups in total. The monoisotopic (exact) mass is 246 g/mol. The van der Waals surface area contributed by atoms with Crippen LogP contribution in [0, 0.1) is 0 Å². The SMILES string of the molecule is CCc1cccc(-c2ccc(OC)c(Cl)c2)c1. The summed E-state index contributed by atoms with van der Waals surface area (Å²) in [5.74, 6) is 0.710. The van der Waals surface area contributed by atoms with Crippen molar-refractivity contribution in [2.24, 2.45) is 0 Å². The van der Waals surface area contributed by atoms with Gasteiger partial charge in [-0.25, -0.2) is 0 Å². The fourth-order valence-electron chi connectivity index (χ4n) is 1.82. The first-order chi connectivity index (χ1) is 8.24. The Bertz CT molecular complexity index is 520. The summed E-state index contributed by atoms with van der Waals surface area (Å²) in [4.78, 5) is 0. The molecule has 1 nitrogen and oxygen atoms in total. The second-order valence-corrected chi connectivity index (χ2v) is 4.31. The number of hydrogen-bond acceptors (Lipinski definition) is 1. The van der Waals surface area contributed by atoms with Crippen LogP contribution >= 0.6 is 11.6 Å². The third-order valence-electron chi connectivity index (χ3n) is 2.82. The Morgan fingerprint density at radius 2 is 1.82 bits per heavy atom. The molecule has 88 valence electrons. The minimum Gasteiger partial charge on any atom is -0.495 e. The third-order valence-corrected chi connectivity index (χ3v) is 3.12. The van der Waals surface area contributed by atoms with Crippen molar-refractivity contribution >= 4 is 11.6 Å². The van der Waals surface area contributed by atoms with Crippen LogP contribution < -0.4 is 4.74 Å². The van der Waals surface area contributed by atoms with Crippen LogP contribution in [0.5, 0.6) is 5.75 Å². The Balaban J connectivity index is 2.42. The zero-order valence-electron chi connectivity index (χ0n) is 10.0. The Kier molecular flexibility index (Phi) is 3.70. The molecule has 0 fully saturated rings. The topological polar surface area (TPSA) is 9.23 Å². The molecule has 0 bridgehead atoms. The molecule has 0 heterocycles. The van der Waals surface area contributed by atoms with Gasteiger partial charge >= 0.3 is 0 Å². The van der Waals surface area contributed by atoms with E-state index in [1.54, 1.807) is 7.11 Å². The third kappa shape index (κ3) is 2.62. The standard InChI is InChI=1S/C15H15ClO/c1-3-11-5-4-6-12(9-11)13-7-8-15(17-2)14(16)10-13/h4-10H,3H2,1-2H3. The fourth-order valence-corrected chi connectivity index (χ4v) is 2.07. The Hall–Kier alpha value is -1.47. The summed E-state index contributed by atoms with van der Waals surface area (Å²) in [5, 5.41) is 0.645. The van der Waals surface area contributed by atoms with E-state index in [0.717, 1.165) is 12.0 Å². The minimum atomic E-state index is 0.645. The van der Waals surface area contributed by atoms with E-state index in [-0.39, 0.29) is 0 Å². The summed E-state index contributed by atoms with van der Waals surface area (Å²) in [6.07, 6.45) is 1.04. The van der Waals surface area contributed by atoms with Gasteiger partial charge in [0.05, 0.1) is 12.1 Å². The molecule has 2 aromatic rings. The molecule has 2 rings (SSSR count). The Morgan fingerprint density at radius 1 is 1.06 bits per heavy atom. The fraction of sp³-hybridized carbons (Fsp3) is 0.200. The molecule has 0 saturated carbocycles. The number of halogens is 1.